The fourth-order valence-corrected chi connectivity index (χ4v) is 4.41. The number of non-ortho nitro benzene ring substituents is 1. The van der Waals surface area contributed by atoms with Gasteiger partial charge in [0.05, 0.1) is 22.4 Å². The van der Waals surface area contributed by atoms with E-state index in [1.807, 2.05) is 12.1 Å². The van der Waals surface area contributed by atoms with Crippen molar-refractivity contribution in [2.75, 3.05) is 10.6 Å². The van der Waals surface area contributed by atoms with Crippen molar-refractivity contribution in [1.29, 1.82) is 0 Å². The van der Waals surface area contributed by atoms with Crippen LogP contribution < -0.4 is 10.6 Å². The first kappa shape index (κ1) is 24.8. The maximum Gasteiger partial charge on any atom is 0.269 e. The summed E-state index contributed by atoms with van der Waals surface area (Å²) in [5, 5.41) is 22.1. The summed E-state index contributed by atoms with van der Waals surface area (Å²) in [7, 11) is 0. The van der Waals surface area contributed by atoms with Gasteiger partial charge in [-0.1, -0.05) is 45.0 Å². The summed E-state index contributed by atoms with van der Waals surface area (Å²) in [6.45, 7) is 8.26. The first-order valence-electron chi connectivity index (χ1n) is 12.1. The predicted molar refractivity (Wildman–Crippen MR) is 145 cm³/mol. The van der Waals surface area contributed by atoms with E-state index in [0.29, 0.717) is 34.3 Å². The van der Waals surface area contributed by atoms with Crippen molar-refractivity contribution in [1.82, 2.24) is 19.7 Å². The van der Waals surface area contributed by atoms with Gasteiger partial charge in [-0.3, -0.25) is 19.9 Å². The molecule has 38 heavy (non-hydrogen) atoms. The Morgan fingerprint density at radius 3 is 2.39 bits per heavy atom. The number of nitro groups is 1. The second-order valence-electron chi connectivity index (χ2n) is 10.1. The average Bonchev–Trinajstić information content (AvgIpc) is 3.31. The van der Waals surface area contributed by atoms with Gasteiger partial charge >= 0.3 is 0 Å². The number of carbonyl (C=O) groups is 1. The molecule has 0 saturated heterocycles. The highest BCUT2D eigenvalue weighted by Gasteiger charge is 2.35. The highest BCUT2D eigenvalue weighted by Crippen LogP contribution is 2.37. The molecule has 1 amide bonds. The van der Waals surface area contributed by atoms with Crippen LogP contribution in [0.4, 0.5) is 17.3 Å². The van der Waals surface area contributed by atoms with E-state index in [1.54, 1.807) is 48.3 Å². The fraction of sp³-hybridized carbons (Fsp3) is 0.214. The van der Waals surface area contributed by atoms with E-state index < -0.39 is 11.0 Å². The van der Waals surface area contributed by atoms with Gasteiger partial charge in [-0.2, -0.15) is 4.98 Å². The number of amides is 1. The number of aromatic nitrogens is 4. The summed E-state index contributed by atoms with van der Waals surface area (Å²) in [6.07, 6.45) is 3.18. The van der Waals surface area contributed by atoms with E-state index in [0.717, 1.165) is 5.56 Å². The lowest BCUT2D eigenvalue weighted by Gasteiger charge is -2.28. The van der Waals surface area contributed by atoms with Gasteiger partial charge in [0, 0.05) is 29.6 Å². The number of nitro benzene ring substituents is 1. The van der Waals surface area contributed by atoms with E-state index in [-0.39, 0.29) is 17.0 Å². The van der Waals surface area contributed by atoms with Gasteiger partial charge in [-0.05, 0) is 47.7 Å². The summed E-state index contributed by atoms with van der Waals surface area (Å²) in [6, 6.07) is 17.0. The zero-order valence-electron chi connectivity index (χ0n) is 21.5. The molecule has 1 aliphatic heterocycles. The van der Waals surface area contributed by atoms with E-state index >= 15 is 0 Å². The molecule has 1 aliphatic rings. The Bertz CT molecular complexity index is 1530. The van der Waals surface area contributed by atoms with Gasteiger partial charge in [0.25, 0.3) is 11.6 Å². The number of nitrogens with zero attached hydrogens (tertiary/aromatic N) is 5. The van der Waals surface area contributed by atoms with E-state index in [2.05, 4.69) is 48.5 Å². The van der Waals surface area contributed by atoms with Crippen molar-refractivity contribution in [2.45, 2.75) is 39.2 Å². The topological polar surface area (TPSA) is 128 Å². The molecular weight excluding hydrogens is 482 g/mol. The second-order valence-corrected chi connectivity index (χ2v) is 10.1. The first-order chi connectivity index (χ1) is 18.1. The van der Waals surface area contributed by atoms with Crippen LogP contribution in [-0.2, 0) is 10.2 Å². The van der Waals surface area contributed by atoms with Crippen LogP contribution in [-0.4, -0.2) is 30.6 Å². The number of hydrogen-bond acceptors (Lipinski definition) is 7. The minimum absolute atomic E-state index is 0.0134. The van der Waals surface area contributed by atoms with Gasteiger partial charge in [0.15, 0.2) is 5.82 Å². The molecule has 1 atom stereocenters. The van der Waals surface area contributed by atoms with Crippen LogP contribution in [0.3, 0.4) is 0 Å². The Kier molecular flexibility index (Phi) is 6.23. The summed E-state index contributed by atoms with van der Waals surface area (Å²) in [5.74, 6) is 0.629. The summed E-state index contributed by atoms with van der Waals surface area (Å²) in [4.78, 5) is 33.1. The van der Waals surface area contributed by atoms with Gasteiger partial charge in [0.2, 0.25) is 5.95 Å². The molecule has 0 saturated carbocycles. The molecule has 2 aromatic heterocycles. The minimum Gasteiger partial charge on any atom is -0.328 e. The van der Waals surface area contributed by atoms with Gasteiger partial charge in [0.1, 0.15) is 6.04 Å². The average molecular weight is 510 g/mol. The third-order valence-corrected chi connectivity index (χ3v) is 6.45. The molecule has 0 aliphatic carbocycles. The fourth-order valence-electron chi connectivity index (χ4n) is 4.41. The molecule has 5 rings (SSSR count). The van der Waals surface area contributed by atoms with E-state index in [9.17, 15) is 14.9 Å². The Labute approximate surface area is 219 Å². The summed E-state index contributed by atoms with van der Waals surface area (Å²) >= 11 is 0. The zero-order valence-corrected chi connectivity index (χ0v) is 21.5. The van der Waals surface area contributed by atoms with Crippen LogP contribution in [0.1, 0.15) is 44.9 Å². The predicted octanol–water partition coefficient (Wildman–Crippen LogP) is 5.47. The zero-order chi connectivity index (χ0) is 27.0. The molecule has 4 aromatic rings. The molecule has 2 N–H and O–H groups in total. The molecule has 0 spiro atoms. The van der Waals surface area contributed by atoms with Crippen LogP contribution in [0.25, 0.3) is 11.4 Å². The molecule has 192 valence electrons. The highest BCUT2D eigenvalue weighted by molar-refractivity contribution is 6.06. The molecule has 2 aromatic carbocycles. The normalized spacial score (nSPS) is 15.0. The lowest BCUT2D eigenvalue weighted by Crippen LogP contribution is -2.31. The van der Waals surface area contributed by atoms with Crippen molar-refractivity contribution >= 4 is 23.2 Å². The highest BCUT2D eigenvalue weighted by atomic mass is 16.6. The number of carbonyl (C=O) groups excluding carboxylic acids is 1. The smallest absolute Gasteiger partial charge is 0.269 e. The number of benzene rings is 2. The minimum atomic E-state index is -0.668. The molecule has 0 fully saturated rings. The molecular formula is C28H27N7O3. The standard InChI is InChI=1S/C28H27N7O3/c1-17-23(26(36)31-21-6-5-15-29-16-21)24(18-9-13-22(14-10-18)35(37)38)34-27(30-17)32-25(33-34)19-7-11-20(12-8-19)28(2,3)4/h5-16,24H,1-4H3,(H,31,36)(H,30,32,33). The van der Waals surface area contributed by atoms with Crippen molar-refractivity contribution < 1.29 is 9.72 Å². The monoisotopic (exact) mass is 509 g/mol. The van der Waals surface area contributed by atoms with Crippen molar-refractivity contribution in [3.05, 3.63) is 106 Å². The Balaban J connectivity index is 1.58. The number of nitrogens with one attached hydrogen (secondary N) is 2. The third kappa shape index (κ3) is 4.75. The molecule has 0 radical (unpaired) electrons. The second kappa shape index (κ2) is 9.55. The molecule has 0 bridgehead atoms. The number of pyridine rings is 1. The maximum absolute atomic E-state index is 13.5. The van der Waals surface area contributed by atoms with Crippen LogP contribution in [0.2, 0.25) is 0 Å². The Morgan fingerprint density at radius 2 is 1.79 bits per heavy atom. The molecule has 10 heteroatoms. The summed E-state index contributed by atoms with van der Waals surface area (Å²) < 4.78 is 1.65. The van der Waals surface area contributed by atoms with Gasteiger partial charge in [-0.15, -0.1) is 5.10 Å². The van der Waals surface area contributed by atoms with Crippen LogP contribution >= 0.6 is 0 Å². The van der Waals surface area contributed by atoms with Crippen LogP contribution in [0.5, 0.6) is 0 Å². The molecule has 10 nitrogen and oxygen atoms in total. The third-order valence-electron chi connectivity index (χ3n) is 6.45. The van der Waals surface area contributed by atoms with Crippen LogP contribution in [0.15, 0.2) is 84.3 Å². The maximum atomic E-state index is 13.5. The van der Waals surface area contributed by atoms with E-state index in [1.165, 1.54) is 17.7 Å². The number of anilines is 2. The largest absolute Gasteiger partial charge is 0.328 e. The first-order valence-corrected chi connectivity index (χ1v) is 12.1. The van der Waals surface area contributed by atoms with Gasteiger partial charge < -0.3 is 10.6 Å². The number of allylic oxidation sites excluding steroid dienone is 1. The lowest BCUT2D eigenvalue weighted by molar-refractivity contribution is -0.384. The Morgan fingerprint density at radius 1 is 1.08 bits per heavy atom. The van der Waals surface area contributed by atoms with Crippen LogP contribution in [0, 0.1) is 10.1 Å². The number of hydrogen-bond donors (Lipinski definition) is 2. The quantitative estimate of drug-likeness (QED) is 0.269. The van der Waals surface area contributed by atoms with Crippen molar-refractivity contribution in [2.24, 2.45) is 0 Å². The lowest BCUT2D eigenvalue weighted by atomic mass is 9.87. The summed E-state index contributed by atoms with van der Waals surface area (Å²) in [5.41, 5.74) is 4.22. The van der Waals surface area contributed by atoms with Crippen molar-refractivity contribution in [3.8, 4) is 11.4 Å². The number of fused-ring (bicyclic) bond motifs is 1. The number of rotatable bonds is 5. The Hall–Kier alpha value is -4.86. The van der Waals surface area contributed by atoms with Gasteiger partial charge in [-0.25, -0.2) is 4.68 Å². The molecule has 3 heterocycles. The van der Waals surface area contributed by atoms with Crippen molar-refractivity contribution in [3.63, 3.8) is 0 Å². The SMILES string of the molecule is CC1=C(C(=O)Nc2cccnc2)C(c2ccc([N+](=O)[O-])cc2)n2nc(-c3ccc(C(C)(C)C)cc3)nc2N1. The van der Waals surface area contributed by atoms with E-state index in [4.69, 9.17) is 10.1 Å². The molecule has 1 unspecified atom stereocenters.